The van der Waals surface area contributed by atoms with E-state index in [4.69, 9.17) is 4.42 Å². The van der Waals surface area contributed by atoms with E-state index in [-0.39, 0.29) is 5.91 Å². The van der Waals surface area contributed by atoms with E-state index in [0.717, 1.165) is 11.3 Å². The Hall–Kier alpha value is -2.40. The number of benzene rings is 1. The van der Waals surface area contributed by atoms with Gasteiger partial charge in [-0.25, -0.2) is 4.98 Å². The molecule has 0 atom stereocenters. The number of nitrogens with zero attached hydrogens (tertiary/aromatic N) is 1. The summed E-state index contributed by atoms with van der Waals surface area (Å²) in [6, 6.07) is 9.89. The number of carbonyl (C=O) groups is 1. The summed E-state index contributed by atoms with van der Waals surface area (Å²) in [5.74, 6) is -0.208. The zero-order chi connectivity index (χ0) is 14.7. The first-order valence-electron chi connectivity index (χ1n) is 6.55. The molecule has 0 aliphatic rings. The van der Waals surface area contributed by atoms with Crippen LogP contribution in [0.1, 0.15) is 26.4 Å². The molecule has 1 aromatic carbocycles. The molecule has 4 nitrogen and oxygen atoms in total. The Balaban J connectivity index is 1.69. The summed E-state index contributed by atoms with van der Waals surface area (Å²) in [7, 11) is 0. The van der Waals surface area contributed by atoms with Gasteiger partial charge < -0.3 is 4.42 Å². The summed E-state index contributed by atoms with van der Waals surface area (Å²) in [5.41, 5.74) is 3.02. The molecule has 0 fully saturated rings. The van der Waals surface area contributed by atoms with Crippen LogP contribution < -0.4 is 5.32 Å². The number of aryl methyl sites for hydroxylation is 1. The molecule has 3 aromatic rings. The smallest absolute Gasteiger partial charge is 0.260 e. The molecule has 2 heterocycles. The standard InChI is InChI=1S/C16H14N2O2S/c1-11-4-2-3-5-12(11)8-14-9-17-16(21-14)18-15(19)13-6-7-20-10-13/h2-7,9-10H,8H2,1H3,(H,17,18,19). The number of furan rings is 1. The van der Waals surface area contributed by atoms with Gasteiger partial charge in [0.1, 0.15) is 6.26 Å². The first kappa shape index (κ1) is 13.6. The zero-order valence-electron chi connectivity index (χ0n) is 11.5. The second-order valence-corrected chi connectivity index (χ2v) is 5.82. The summed E-state index contributed by atoms with van der Waals surface area (Å²) in [6.45, 7) is 2.10. The van der Waals surface area contributed by atoms with Crippen molar-refractivity contribution in [2.75, 3.05) is 5.32 Å². The summed E-state index contributed by atoms with van der Waals surface area (Å²) in [6.07, 6.45) is 5.52. The monoisotopic (exact) mass is 298 g/mol. The molecule has 0 aliphatic heterocycles. The lowest BCUT2D eigenvalue weighted by atomic mass is 10.1. The number of hydrogen-bond donors (Lipinski definition) is 1. The molecule has 0 unspecified atom stereocenters. The Kier molecular flexibility index (Phi) is 3.83. The van der Waals surface area contributed by atoms with Crippen molar-refractivity contribution < 1.29 is 9.21 Å². The molecule has 0 saturated carbocycles. The highest BCUT2D eigenvalue weighted by molar-refractivity contribution is 7.15. The normalized spacial score (nSPS) is 10.5. The van der Waals surface area contributed by atoms with Gasteiger partial charge in [0.2, 0.25) is 0 Å². The van der Waals surface area contributed by atoms with Gasteiger partial charge in [0.15, 0.2) is 5.13 Å². The van der Waals surface area contributed by atoms with Gasteiger partial charge >= 0.3 is 0 Å². The Morgan fingerprint density at radius 1 is 1.33 bits per heavy atom. The largest absolute Gasteiger partial charge is 0.472 e. The van der Waals surface area contributed by atoms with E-state index in [1.54, 1.807) is 6.07 Å². The average Bonchev–Trinajstić information content (AvgIpc) is 3.13. The Morgan fingerprint density at radius 3 is 2.95 bits per heavy atom. The predicted molar refractivity (Wildman–Crippen MR) is 82.8 cm³/mol. The molecule has 106 valence electrons. The van der Waals surface area contributed by atoms with Crippen LogP contribution in [0.25, 0.3) is 0 Å². The third kappa shape index (κ3) is 3.20. The minimum Gasteiger partial charge on any atom is -0.472 e. The first-order valence-corrected chi connectivity index (χ1v) is 7.37. The van der Waals surface area contributed by atoms with Crippen LogP contribution in [-0.4, -0.2) is 10.9 Å². The number of hydrogen-bond acceptors (Lipinski definition) is 4. The number of rotatable bonds is 4. The number of aromatic nitrogens is 1. The summed E-state index contributed by atoms with van der Waals surface area (Å²) < 4.78 is 4.89. The van der Waals surface area contributed by atoms with E-state index in [1.807, 2.05) is 18.3 Å². The first-order chi connectivity index (χ1) is 10.2. The van der Waals surface area contributed by atoms with Gasteiger partial charge in [-0.2, -0.15) is 0 Å². The van der Waals surface area contributed by atoms with Crippen LogP contribution in [0.4, 0.5) is 5.13 Å². The van der Waals surface area contributed by atoms with Gasteiger partial charge in [-0.1, -0.05) is 24.3 Å². The molecule has 3 rings (SSSR count). The van der Waals surface area contributed by atoms with Crippen LogP contribution in [0.2, 0.25) is 0 Å². The summed E-state index contributed by atoms with van der Waals surface area (Å²) >= 11 is 1.49. The highest BCUT2D eigenvalue weighted by Gasteiger charge is 2.10. The highest BCUT2D eigenvalue weighted by Crippen LogP contribution is 2.23. The molecule has 0 bridgehead atoms. The Labute approximate surface area is 126 Å². The van der Waals surface area contributed by atoms with Crippen LogP contribution in [0.5, 0.6) is 0 Å². The average molecular weight is 298 g/mol. The minimum atomic E-state index is -0.208. The van der Waals surface area contributed by atoms with E-state index < -0.39 is 0 Å². The molecule has 0 spiro atoms. The van der Waals surface area contributed by atoms with Crippen molar-refractivity contribution in [2.24, 2.45) is 0 Å². The lowest BCUT2D eigenvalue weighted by molar-refractivity contribution is 0.102. The maximum Gasteiger partial charge on any atom is 0.260 e. The minimum absolute atomic E-state index is 0.208. The van der Waals surface area contributed by atoms with E-state index >= 15 is 0 Å². The van der Waals surface area contributed by atoms with E-state index in [9.17, 15) is 4.79 Å². The summed E-state index contributed by atoms with van der Waals surface area (Å²) in [5, 5.41) is 3.38. The third-order valence-electron chi connectivity index (χ3n) is 3.18. The van der Waals surface area contributed by atoms with Crippen molar-refractivity contribution in [3.8, 4) is 0 Å². The summed E-state index contributed by atoms with van der Waals surface area (Å²) in [4.78, 5) is 17.3. The van der Waals surface area contributed by atoms with Crippen molar-refractivity contribution in [1.82, 2.24) is 4.98 Å². The van der Waals surface area contributed by atoms with Crippen LogP contribution >= 0.6 is 11.3 Å². The quantitative estimate of drug-likeness (QED) is 0.795. The van der Waals surface area contributed by atoms with Gasteiger partial charge in [0.25, 0.3) is 5.91 Å². The molecular weight excluding hydrogens is 284 g/mol. The van der Waals surface area contributed by atoms with Crippen molar-refractivity contribution >= 4 is 22.4 Å². The molecule has 0 radical (unpaired) electrons. The zero-order valence-corrected chi connectivity index (χ0v) is 12.3. The number of anilines is 1. The molecule has 0 aliphatic carbocycles. The lowest BCUT2D eigenvalue weighted by Gasteiger charge is -2.02. The van der Waals surface area contributed by atoms with Gasteiger partial charge in [-0.05, 0) is 24.1 Å². The fraction of sp³-hybridized carbons (Fsp3) is 0.125. The van der Waals surface area contributed by atoms with Gasteiger partial charge in [0.05, 0.1) is 11.8 Å². The number of amides is 1. The highest BCUT2D eigenvalue weighted by atomic mass is 32.1. The SMILES string of the molecule is Cc1ccccc1Cc1cnc(NC(=O)c2ccoc2)s1. The number of carbonyl (C=O) groups excluding carboxylic acids is 1. The van der Waals surface area contributed by atoms with Crippen LogP contribution in [-0.2, 0) is 6.42 Å². The van der Waals surface area contributed by atoms with Crippen molar-refractivity contribution in [2.45, 2.75) is 13.3 Å². The topological polar surface area (TPSA) is 55.1 Å². The van der Waals surface area contributed by atoms with Crippen LogP contribution in [0, 0.1) is 6.92 Å². The number of thiazole rings is 1. The van der Waals surface area contributed by atoms with Crippen LogP contribution in [0.15, 0.2) is 53.5 Å². The second kappa shape index (κ2) is 5.93. The third-order valence-corrected chi connectivity index (χ3v) is 4.10. The van der Waals surface area contributed by atoms with Crippen molar-refractivity contribution in [1.29, 1.82) is 0 Å². The fourth-order valence-electron chi connectivity index (χ4n) is 2.01. The molecular formula is C16H14N2O2S. The molecule has 1 amide bonds. The molecule has 21 heavy (non-hydrogen) atoms. The van der Waals surface area contributed by atoms with E-state index in [2.05, 4.69) is 29.4 Å². The second-order valence-electron chi connectivity index (χ2n) is 4.70. The van der Waals surface area contributed by atoms with Gasteiger partial charge in [-0.3, -0.25) is 10.1 Å². The van der Waals surface area contributed by atoms with Crippen molar-refractivity contribution in [3.05, 3.63) is 70.6 Å². The lowest BCUT2D eigenvalue weighted by Crippen LogP contribution is -2.10. The predicted octanol–water partition coefficient (Wildman–Crippen LogP) is 3.89. The maximum atomic E-state index is 11.9. The Morgan fingerprint density at radius 2 is 2.19 bits per heavy atom. The van der Waals surface area contributed by atoms with Gasteiger partial charge in [0, 0.05) is 17.5 Å². The maximum absolute atomic E-state index is 11.9. The molecule has 2 aromatic heterocycles. The van der Waals surface area contributed by atoms with Crippen molar-refractivity contribution in [3.63, 3.8) is 0 Å². The Bertz CT molecular complexity index is 747. The van der Waals surface area contributed by atoms with E-state index in [0.29, 0.717) is 10.7 Å². The number of nitrogens with one attached hydrogen (secondary N) is 1. The van der Waals surface area contributed by atoms with Gasteiger partial charge in [-0.15, -0.1) is 11.3 Å². The molecule has 5 heteroatoms. The fourth-order valence-corrected chi connectivity index (χ4v) is 2.84. The molecule has 0 saturated heterocycles. The molecule has 1 N–H and O–H groups in total. The van der Waals surface area contributed by atoms with Crippen LogP contribution in [0.3, 0.4) is 0 Å². The van der Waals surface area contributed by atoms with E-state index in [1.165, 1.54) is 35.0 Å².